The van der Waals surface area contributed by atoms with Gasteiger partial charge in [0.25, 0.3) is 0 Å². The van der Waals surface area contributed by atoms with Crippen LogP contribution < -0.4 is 10.6 Å². The van der Waals surface area contributed by atoms with E-state index in [-0.39, 0.29) is 17.5 Å². The van der Waals surface area contributed by atoms with Crippen molar-refractivity contribution in [2.75, 3.05) is 25.0 Å². The first-order valence-electron chi connectivity index (χ1n) is 9.85. The lowest BCUT2D eigenvalue weighted by Crippen LogP contribution is -2.52. The number of aryl methyl sites for hydroxylation is 1. The molecule has 0 saturated carbocycles. The van der Waals surface area contributed by atoms with Gasteiger partial charge in [0.1, 0.15) is 0 Å². The summed E-state index contributed by atoms with van der Waals surface area (Å²) < 4.78 is 0. The molecule has 0 aromatic carbocycles. The number of anilines is 1. The van der Waals surface area contributed by atoms with Crippen molar-refractivity contribution in [1.29, 1.82) is 0 Å². The zero-order valence-corrected chi connectivity index (χ0v) is 17.6. The third-order valence-electron chi connectivity index (χ3n) is 5.66. The van der Waals surface area contributed by atoms with Crippen LogP contribution in [-0.4, -0.2) is 56.9 Å². The van der Waals surface area contributed by atoms with Gasteiger partial charge < -0.3 is 15.5 Å². The number of piperidine rings is 1. The normalized spacial score (nSPS) is 18.8. The molecule has 0 unspecified atom stereocenters. The molecule has 29 heavy (non-hydrogen) atoms. The quantitative estimate of drug-likeness (QED) is 0.784. The minimum absolute atomic E-state index is 0.0177. The number of hydrogen-bond acceptors (Lipinski definition) is 6. The number of likely N-dealkylation sites (tertiary alicyclic amines) is 1. The summed E-state index contributed by atoms with van der Waals surface area (Å²) >= 11 is 1.51. The van der Waals surface area contributed by atoms with Gasteiger partial charge in [-0.05, 0) is 31.4 Å². The number of nitrogens with one attached hydrogen (secondary N) is 2. The standard InChI is InChI=1S/C20H26N6O2S/c1-14-16(4-3-7-21-14)11-26-13-20(24-19(26)28)5-8-25(9-6-20)12-17-10-22-18(29-17)23-15(2)27/h3-4,7,10H,5-6,8-9,11-13H2,1-2H3,(H,24,28)(H,22,23,27). The van der Waals surface area contributed by atoms with Crippen LogP contribution in [0.15, 0.2) is 24.5 Å². The minimum Gasteiger partial charge on any atom is -0.331 e. The van der Waals surface area contributed by atoms with Gasteiger partial charge in [-0.3, -0.25) is 14.7 Å². The molecule has 9 heteroatoms. The van der Waals surface area contributed by atoms with Crippen molar-refractivity contribution < 1.29 is 9.59 Å². The van der Waals surface area contributed by atoms with Crippen LogP contribution in [-0.2, 0) is 17.9 Å². The highest BCUT2D eigenvalue weighted by atomic mass is 32.1. The highest BCUT2D eigenvalue weighted by molar-refractivity contribution is 7.15. The number of carbonyl (C=O) groups is 2. The molecule has 2 aromatic heterocycles. The van der Waals surface area contributed by atoms with Crippen LogP contribution in [0.2, 0.25) is 0 Å². The second-order valence-corrected chi connectivity index (χ2v) is 9.02. The van der Waals surface area contributed by atoms with E-state index in [1.165, 1.54) is 18.3 Å². The molecule has 2 fully saturated rings. The van der Waals surface area contributed by atoms with Crippen LogP contribution >= 0.6 is 11.3 Å². The molecule has 0 aliphatic carbocycles. The van der Waals surface area contributed by atoms with E-state index < -0.39 is 0 Å². The van der Waals surface area contributed by atoms with Crippen molar-refractivity contribution >= 4 is 28.4 Å². The molecule has 4 rings (SSSR count). The number of carbonyl (C=O) groups excluding carboxylic acids is 2. The third kappa shape index (κ3) is 4.56. The van der Waals surface area contributed by atoms with Crippen molar-refractivity contribution in [3.8, 4) is 0 Å². The van der Waals surface area contributed by atoms with E-state index in [4.69, 9.17) is 0 Å². The maximum Gasteiger partial charge on any atom is 0.318 e. The lowest BCUT2D eigenvalue weighted by molar-refractivity contribution is -0.114. The molecule has 1 spiro atoms. The molecule has 154 valence electrons. The van der Waals surface area contributed by atoms with Gasteiger partial charge >= 0.3 is 6.03 Å². The smallest absolute Gasteiger partial charge is 0.318 e. The van der Waals surface area contributed by atoms with E-state index in [9.17, 15) is 9.59 Å². The summed E-state index contributed by atoms with van der Waals surface area (Å²) in [7, 11) is 0. The van der Waals surface area contributed by atoms with Crippen molar-refractivity contribution in [3.63, 3.8) is 0 Å². The fourth-order valence-electron chi connectivity index (χ4n) is 4.03. The van der Waals surface area contributed by atoms with Gasteiger partial charge in [-0.25, -0.2) is 9.78 Å². The molecule has 4 heterocycles. The molecular formula is C20H26N6O2S. The second kappa shape index (κ2) is 8.08. The number of rotatable bonds is 5. The minimum atomic E-state index is -0.140. The van der Waals surface area contributed by atoms with Gasteiger partial charge in [0.05, 0.1) is 5.54 Å². The first kappa shape index (κ1) is 19.8. The maximum absolute atomic E-state index is 12.6. The van der Waals surface area contributed by atoms with E-state index >= 15 is 0 Å². The van der Waals surface area contributed by atoms with Crippen molar-refractivity contribution in [1.82, 2.24) is 25.1 Å². The van der Waals surface area contributed by atoms with Crippen LogP contribution in [0.1, 0.15) is 35.9 Å². The number of thiazole rings is 1. The van der Waals surface area contributed by atoms with Crippen LogP contribution in [0, 0.1) is 6.92 Å². The van der Waals surface area contributed by atoms with E-state index in [2.05, 4.69) is 25.5 Å². The lowest BCUT2D eigenvalue weighted by Gasteiger charge is -2.38. The Bertz CT molecular complexity index is 906. The van der Waals surface area contributed by atoms with Crippen LogP contribution in [0.25, 0.3) is 0 Å². The largest absolute Gasteiger partial charge is 0.331 e. The van der Waals surface area contributed by atoms with Crippen molar-refractivity contribution in [2.24, 2.45) is 0 Å². The number of aromatic nitrogens is 2. The van der Waals surface area contributed by atoms with Gasteiger partial charge in [-0.15, -0.1) is 11.3 Å². The summed E-state index contributed by atoms with van der Waals surface area (Å²) in [6, 6.07) is 3.97. The van der Waals surface area contributed by atoms with Crippen LogP contribution in [0.3, 0.4) is 0 Å². The Balaban J connectivity index is 1.32. The van der Waals surface area contributed by atoms with Crippen LogP contribution in [0.5, 0.6) is 0 Å². The molecule has 2 aromatic rings. The molecule has 2 N–H and O–H groups in total. The zero-order valence-electron chi connectivity index (χ0n) is 16.8. The fourth-order valence-corrected chi connectivity index (χ4v) is 4.93. The Labute approximate surface area is 174 Å². The molecule has 2 aliphatic heterocycles. The van der Waals surface area contributed by atoms with Crippen molar-refractivity contribution in [2.45, 2.75) is 45.3 Å². The first-order valence-corrected chi connectivity index (χ1v) is 10.7. The summed E-state index contributed by atoms with van der Waals surface area (Å²) in [6.07, 6.45) is 5.47. The number of pyridine rings is 1. The topological polar surface area (TPSA) is 90.5 Å². The Kier molecular flexibility index (Phi) is 5.51. The number of urea groups is 1. The van der Waals surface area contributed by atoms with Gasteiger partial charge in [-0.1, -0.05) is 6.07 Å². The molecule has 0 bridgehead atoms. The third-order valence-corrected chi connectivity index (χ3v) is 6.56. The van der Waals surface area contributed by atoms with E-state index in [1.54, 1.807) is 6.20 Å². The highest BCUT2D eigenvalue weighted by Crippen LogP contribution is 2.30. The number of nitrogens with zero attached hydrogens (tertiary/aromatic N) is 4. The van der Waals surface area contributed by atoms with Gasteiger partial charge in [0.2, 0.25) is 5.91 Å². The second-order valence-electron chi connectivity index (χ2n) is 7.90. The molecule has 0 atom stereocenters. The summed E-state index contributed by atoms with van der Waals surface area (Å²) in [5.41, 5.74) is 1.93. The summed E-state index contributed by atoms with van der Waals surface area (Å²) in [5, 5.41) is 6.62. The zero-order chi connectivity index (χ0) is 20.4. The monoisotopic (exact) mass is 414 g/mol. The summed E-state index contributed by atoms with van der Waals surface area (Å²) in [6.45, 7) is 7.47. The van der Waals surface area contributed by atoms with E-state index in [0.29, 0.717) is 11.7 Å². The van der Waals surface area contributed by atoms with Crippen LogP contribution in [0.4, 0.5) is 9.93 Å². The SMILES string of the molecule is CC(=O)Nc1ncc(CN2CCC3(CC2)CN(Cc2cccnc2C)C(=O)N3)s1. The van der Waals surface area contributed by atoms with E-state index in [1.807, 2.05) is 30.2 Å². The Morgan fingerprint density at radius 2 is 2.10 bits per heavy atom. The average Bonchev–Trinajstić information content (AvgIpc) is 3.23. The van der Waals surface area contributed by atoms with Crippen molar-refractivity contribution in [3.05, 3.63) is 40.7 Å². The Morgan fingerprint density at radius 1 is 1.31 bits per heavy atom. The maximum atomic E-state index is 12.6. The molecule has 0 radical (unpaired) electrons. The van der Waals surface area contributed by atoms with Gasteiger partial charge in [-0.2, -0.15) is 0 Å². The predicted molar refractivity (Wildman–Crippen MR) is 112 cm³/mol. The highest BCUT2D eigenvalue weighted by Gasteiger charge is 2.44. The molecule has 8 nitrogen and oxygen atoms in total. The molecular weight excluding hydrogens is 388 g/mol. The van der Waals surface area contributed by atoms with E-state index in [0.717, 1.165) is 55.2 Å². The molecule has 3 amide bonds. The summed E-state index contributed by atoms with van der Waals surface area (Å²) in [4.78, 5) is 37.7. The summed E-state index contributed by atoms with van der Waals surface area (Å²) in [5.74, 6) is -0.103. The van der Waals surface area contributed by atoms with Gasteiger partial charge in [0.15, 0.2) is 5.13 Å². The van der Waals surface area contributed by atoms with Gasteiger partial charge in [0, 0.05) is 62.6 Å². The predicted octanol–water partition coefficient (Wildman–Crippen LogP) is 2.36. The Hall–Kier alpha value is -2.52. The average molecular weight is 415 g/mol. The number of hydrogen-bond donors (Lipinski definition) is 2. The molecule has 2 aliphatic rings. The molecule has 2 saturated heterocycles. The Morgan fingerprint density at radius 3 is 2.83 bits per heavy atom. The fraction of sp³-hybridized carbons (Fsp3) is 0.500. The first-order chi connectivity index (χ1) is 13.9. The number of amides is 3. The lowest BCUT2D eigenvalue weighted by atomic mass is 9.88.